The van der Waals surface area contributed by atoms with Crippen LogP contribution in [-0.2, 0) is 9.53 Å². The van der Waals surface area contributed by atoms with Crippen molar-refractivity contribution < 1.29 is 24.9 Å². The van der Waals surface area contributed by atoms with E-state index in [2.05, 4.69) is 32.6 Å². The first-order chi connectivity index (χ1) is 16.9. The van der Waals surface area contributed by atoms with Crippen LogP contribution < -0.4 is 5.73 Å². The Hall–Kier alpha value is -1.47. The summed E-state index contributed by atoms with van der Waals surface area (Å²) in [5.74, 6) is 0.553. The SMILES string of the molecule is C=C1C(=CC=C2CCC[C@@]3(C)C2CC[C@@H]3[C@H](C)C(CCC(C)(C)O)C(=O)OCCN)C[C@@H](O)C[C@@H]1O. The van der Waals surface area contributed by atoms with E-state index in [0.29, 0.717) is 44.1 Å². The molecule has 5 N–H and O–H groups in total. The van der Waals surface area contributed by atoms with Gasteiger partial charge in [0, 0.05) is 13.0 Å². The molecule has 0 bridgehead atoms. The zero-order chi connectivity index (χ0) is 26.7. The molecule has 3 rings (SSSR count). The number of hydrogen-bond donors (Lipinski definition) is 4. The number of nitrogens with two attached hydrogens (primary N) is 1. The van der Waals surface area contributed by atoms with Gasteiger partial charge in [0.1, 0.15) is 6.61 Å². The molecule has 0 amide bonds. The maximum absolute atomic E-state index is 13.1. The lowest BCUT2D eigenvalue weighted by Gasteiger charge is -2.45. The van der Waals surface area contributed by atoms with E-state index >= 15 is 0 Å². The first-order valence-corrected chi connectivity index (χ1v) is 13.9. The molecule has 7 atom stereocenters. The lowest BCUT2D eigenvalue weighted by molar-refractivity contribution is -0.152. The van der Waals surface area contributed by atoms with Crippen LogP contribution in [0.5, 0.6) is 0 Å². The first-order valence-electron chi connectivity index (χ1n) is 13.9. The lowest BCUT2D eigenvalue weighted by Crippen LogP contribution is -2.40. The van der Waals surface area contributed by atoms with Gasteiger partial charge in [-0.2, -0.15) is 0 Å². The predicted molar refractivity (Wildman–Crippen MR) is 143 cm³/mol. The number of aliphatic hydroxyl groups excluding tert-OH is 2. The largest absolute Gasteiger partial charge is 0.464 e. The molecule has 3 saturated carbocycles. The zero-order valence-electron chi connectivity index (χ0n) is 22.8. The highest BCUT2D eigenvalue weighted by molar-refractivity contribution is 5.72. The van der Waals surface area contributed by atoms with Crippen molar-refractivity contribution in [3.8, 4) is 0 Å². The second-order valence-corrected chi connectivity index (χ2v) is 12.4. The Labute approximate surface area is 217 Å². The van der Waals surface area contributed by atoms with Gasteiger partial charge in [0.15, 0.2) is 0 Å². The summed E-state index contributed by atoms with van der Waals surface area (Å²) in [7, 11) is 0. The summed E-state index contributed by atoms with van der Waals surface area (Å²) < 4.78 is 5.51. The molecule has 3 fully saturated rings. The molecule has 0 heterocycles. The zero-order valence-corrected chi connectivity index (χ0v) is 22.8. The Bertz CT molecular complexity index is 856. The van der Waals surface area contributed by atoms with Gasteiger partial charge < -0.3 is 25.8 Å². The van der Waals surface area contributed by atoms with Crippen molar-refractivity contribution in [3.05, 3.63) is 35.5 Å². The third-order valence-corrected chi connectivity index (χ3v) is 9.30. The molecule has 6 heteroatoms. The highest BCUT2D eigenvalue weighted by Crippen LogP contribution is 2.60. The topological polar surface area (TPSA) is 113 Å². The van der Waals surface area contributed by atoms with Crippen LogP contribution >= 0.6 is 0 Å². The summed E-state index contributed by atoms with van der Waals surface area (Å²) in [6.07, 6.45) is 10.6. The molecule has 2 unspecified atom stereocenters. The summed E-state index contributed by atoms with van der Waals surface area (Å²) in [6.45, 7) is 12.8. The van der Waals surface area contributed by atoms with Gasteiger partial charge in [-0.05, 0) is 99.5 Å². The third kappa shape index (κ3) is 6.69. The predicted octanol–water partition coefficient (Wildman–Crippen LogP) is 4.43. The van der Waals surface area contributed by atoms with Crippen LogP contribution in [0, 0.1) is 29.1 Å². The molecule has 36 heavy (non-hydrogen) atoms. The minimum Gasteiger partial charge on any atom is -0.464 e. The van der Waals surface area contributed by atoms with Crippen LogP contribution in [0.3, 0.4) is 0 Å². The lowest BCUT2D eigenvalue weighted by atomic mass is 9.59. The number of hydrogen-bond acceptors (Lipinski definition) is 6. The Balaban J connectivity index is 1.81. The normalized spacial score (nSPS) is 35.1. The van der Waals surface area contributed by atoms with Gasteiger partial charge in [0.05, 0.1) is 23.7 Å². The number of carbonyl (C=O) groups is 1. The van der Waals surface area contributed by atoms with Crippen molar-refractivity contribution in [2.75, 3.05) is 13.2 Å². The standard InChI is InChI=1S/C30H49NO5/c1-19-22(17-23(32)18-27(19)33)9-8-21-7-6-13-30(5)25(10-11-26(21)30)20(2)24(12-14-29(3,4)35)28(34)36-16-15-31/h8-9,20,23-27,32-33,35H,1,6-7,10-18,31H2,2-5H3/t20-,23-,24?,25-,26?,27+,30-/m1/s1. The highest BCUT2D eigenvalue weighted by Gasteiger charge is 2.52. The van der Waals surface area contributed by atoms with E-state index < -0.39 is 17.8 Å². The van der Waals surface area contributed by atoms with Crippen LogP contribution in [0.2, 0.25) is 0 Å². The van der Waals surface area contributed by atoms with Crippen molar-refractivity contribution >= 4 is 5.97 Å². The van der Waals surface area contributed by atoms with Crippen molar-refractivity contribution in [2.24, 2.45) is 34.8 Å². The second-order valence-electron chi connectivity index (χ2n) is 12.4. The maximum Gasteiger partial charge on any atom is 0.309 e. The number of ether oxygens (including phenoxy) is 1. The molecule has 0 aromatic rings. The molecule has 0 aromatic heterocycles. The number of fused-ring (bicyclic) bond motifs is 1. The summed E-state index contributed by atoms with van der Waals surface area (Å²) in [4.78, 5) is 13.1. The van der Waals surface area contributed by atoms with E-state index in [0.717, 1.165) is 43.3 Å². The van der Waals surface area contributed by atoms with E-state index in [1.807, 2.05) is 0 Å². The Morgan fingerprint density at radius 1 is 1.31 bits per heavy atom. The van der Waals surface area contributed by atoms with Crippen LogP contribution in [0.1, 0.15) is 85.5 Å². The van der Waals surface area contributed by atoms with E-state index in [9.17, 15) is 20.1 Å². The fourth-order valence-electron chi connectivity index (χ4n) is 7.26. The van der Waals surface area contributed by atoms with Crippen LogP contribution in [0.15, 0.2) is 35.5 Å². The number of carbonyl (C=O) groups excluding carboxylic acids is 1. The fraction of sp³-hybridized carbons (Fsp3) is 0.767. The average Bonchev–Trinajstić information content (AvgIpc) is 3.15. The van der Waals surface area contributed by atoms with Crippen molar-refractivity contribution in [2.45, 2.75) is 103 Å². The maximum atomic E-state index is 13.1. The van der Waals surface area contributed by atoms with Crippen LogP contribution in [0.4, 0.5) is 0 Å². The molecule has 3 aliphatic rings. The summed E-state index contributed by atoms with van der Waals surface area (Å²) in [5.41, 5.74) is 7.96. The van der Waals surface area contributed by atoms with E-state index in [1.165, 1.54) is 5.57 Å². The van der Waals surface area contributed by atoms with Gasteiger partial charge >= 0.3 is 5.97 Å². The summed E-state index contributed by atoms with van der Waals surface area (Å²) in [5, 5.41) is 30.7. The number of aliphatic hydroxyl groups is 3. The second kappa shape index (κ2) is 11.9. The molecule has 0 spiro atoms. The average molecular weight is 504 g/mol. The monoisotopic (exact) mass is 503 g/mol. The molecule has 0 aromatic carbocycles. The van der Waals surface area contributed by atoms with Gasteiger partial charge in [-0.1, -0.05) is 38.2 Å². The van der Waals surface area contributed by atoms with Crippen molar-refractivity contribution in [1.29, 1.82) is 0 Å². The van der Waals surface area contributed by atoms with E-state index in [-0.39, 0.29) is 29.8 Å². The van der Waals surface area contributed by atoms with Gasteiger partial charge in [-0.25, -0.2) is 0 Å². The molecule has 204 valence electrons. The molecular weight excluding hydrogens is 454 g/mol. The van der Waals surface area contributed by atoms with Crippen molar-refractivity contribution in [1.82, 2.24) is 0 Å². The molecule has 0 aliphatic heterocycles. The van der Waals surface area contributed by atoms with Gasteiger partial charge in [0.2, 0.25) is 0 Å². The smallest absolute Gasteiger partial charge is 0.309 e. The summed E-state index contributed by atoms with van der Waals surface area (Å²) in [6, 6.07) is 0. The fourth-order valence-corrected chi connectivity index (χ4v) is 7.26. The van der Waals surface area contributed by atoms with Gasteiger partial charge in [-0.3, -0.25) is 4.79 Å². The van der Waals surface area contributed by atoms with E-state index in [1.54, 1.807) is 13.8 Å². The number of rotatable bonds is 9. The quantitative estimate of drug-likeness (QED) is 0.346. The number of allylic oxidation sites excluding steroid dienone is 3. The van der Waals surface area contributed by atoms with Crippen LogP contribution in [-0.4, -0.2) is 52.2 Å². The molecule has 0 saturated heterocycles. The third-order valence-electron chi connectivity index (χ3n) is 9.30. The number of esters is 1. The Morgan fingerprint density at radius 3 is 2.69 bits per heavy atom. The first kappa shape index (κ1) is 29.1. The molecule has 0 radical (unpaired) electrons. The minimum absolute atomic E-state index is 0.103. The molecular formula is C30H49NO5. The Kier molecular flexibility index (Phi) is 9.64. The van der Waals surface area contributed by atoms with Crippen LogP contribution in [0.25, 0.3) is 0 Å². The molecule has 3 aliphatic carbocycles. The Morgan fingerprint density at radius 2 is 2.03 bits per heavy atom. The molecule has 6 nitrogen and oxygen atoms in total. The van der Waals surface area contributed by atoms with E-state index in [4.69, 9.17) is 10.5 Å². The highest BCUT2D eigenvalue weighted by atomic mass is 16.5. The minimum atomic E-state index is -0.827. The van der Waals surface area contributed by atoms with Gasteiger partial charge in [-0.15, -0.1) is 0 Å². The summed E-state index contributed by atoms with van der Waals surface area (Å²) >= 11 is 0. The van der Waals surface area contributed by atoms with Gasteiger partial charge in [0.25, 0.3) is 0 Å². The van der Waals surface area contributed by atoms with Crippen molar-refractivity contribution in [3.63, 3.8) is 0 Å².